The van der Waals surface area contributed by atoms with E-state index in [1.165, 1.54) is 45.2 Å². The van der Waals surface area contributed by atoms with Crippen LogP contribution in [0.15, 0.2) is 10.6 Å². The summed E-state index contributed by atoms with van der Waals surface area (Å²) in [5.74, 6) is 1.95. The van der Waals surface area contributed by atoms with Gasteiger partial charge in [0.05, 0.1) is 12.2 Å². The first-order valence-corrected chi connectivity index (χ1v) is 8.69. The zero-order chi connectivity index (χ0) is 14.9. The van der Waals surface area contributed by atoms with E-state index in [1.807, 2.05) is 0 Å². The van der Waals surface area contributed by atoms with Crippen molar-refractivity contribution in [2.24, 2.45) is 5.92 Å². The first-order valence-electron chi connectivity index (χ1n) is 8.69. The molecule has 0 amide bonds. The minimum absolute atomic E-state index is 0.815. The molecule has 1 atom stereocenters. The predicted molar refractivity (Wildman–Crippen MR) is 86.0 cm³/mol. The molecule has 0 bridgehead atoms. The maximum absolute atomic E-state index is 5.48. The standard InChI is InChI=1S/C17H31N3O/c1-3-6-15-7-5-10-20(11-8-15)14-17-12-16(19-21-17)13-18-9-4-2/h12,15,18H,3-11,13-14H2,1-2H3. The number of hydrogen-bond acceptors (Lipinski definition) is 4. The van der Waals surface area contributed by atoms with Gasteiger partial charge in [0.1, 0.15) is 0 Å². The molecule has 1 aromatic rings. The summed E-state index contributed by atoms with van der Waals surface area (Å²) in [5.41, 5.74) is 1.03. The number of nitrogens with one attached hydrogen (secondary N) is 1. The van der Waals surface area contributed by atoms with Crippen LogP contribution >= 0.6 is 0 Å². The van der Waals surface area contributed by atoms with Crippen LogP contribution in [0.25, 0.3) is 0 Å². The Balaban J connectivity index is 1.76. The third-order valence-corrected chi connectivity index (χ3v) is 4.36. The van der Waals surface area contributed by atoms with Crippen molar-refractivity contribution in [2.45, 2.75) is 65.5 Å². The molecule has 120 valence electrons. The molecule has 0 saturated carbocycles. The first-order chi connectivity index (χ1) is 10.3. The van der Waals surface area contributed by atoms with Gasteiger partial charge in [-0.25, -0.2) is 0 Å². The van der Waals surface area contributed by atoms with Crippen molar-refractivity contribution in [1.82, 2.24) is 15.4 Å². The number of aromatic nitrogens is 1. The van der Waals surface area contributed by atoms with Gasteiger partial charge in [-0.1, -0.05) is 31.8 Å². The maximum atomic E-state index is 5.48. The fourth-order valence-electron chi connectivity index (χ4n) is 3.21. The summed E-state index contributed by atoms with van der Waals surface area (Å²) < 4.78 is 5.48. The summed E-state index contributed by atoms with van der Waals surface area (Å²) in [5, 5.41) is 7.52. The Morgan fingerprint density at radius 2 is 2.19 bits per heavy atom. The molecule has 0 spiro atoms. The van der Waals surface area contributed by atoms with Gasteiger partial charge in [-0.2, -0.15) is 0 Å². The molecule has 0 radical (unpaired) electrons. The van der Waals surface area contributed by atoms with Crippen LogP contribution in [0.4, 0.5) is 0 Å². The Labute approximate surface area is 129 Å². The lowest BCUT2D eigenvalue weighted by Crippen LogP contribution is -2.24. The minimum atomic E-state index is 0.815. The molecule has 1 unspecified atom stereocenters. The second kappa shape index (κ2) is 9.21. The number of hydrogen-bond donors (Lipinski definition) is 1. The Morgan fingerprint density at radius 1 is 1.29 bits per heavy atom. The highest BCUT2D eigenvalue weighted by Gasteiger charge is 2.17. The molecule has 1 aliphatic heterocycles. The lowest BCUT2D eigenvalue weighted by Gasteiger charge is -2.18. The van der Waals surface area contributed by atoms with Gasteiger partial charge in [-0.05, 0) is 51.2 Å². The fraction of sp³-hybridized carbons (Fsp3) is 0.824. The van der Waals surface area contributed by atoms with Crippen molar-refractivity contribution in [3.8, 4) is 0 Å². The topological polar surface area (TPSA) is 41.3 Å². The van der Waals surface area contributed by atoms with E-state index in [1.54, 1.807) is 0 Å². The van der Waals surface area contributed by atoms with Gasteiger partial charge in [0, 0.05) is 12.6 Å². The number of likely N-dealkylation sites (tertiary alicyclic amines) is 1. The monoisotopic (exact) mass is 293 g/mol. The molecule has 1 aromatic heterocycles. The normalized spacial score (nSPS) is 20.6. The third-order valence-electron chi connectivity index (χ3n) is 4.36. The molecule has 1 N–H and O–H groups in total. The zero-order valence-corrected chi connectivity index (χ0v) is 13.7. The predicted octanol–water partition coefficient (Wildman–Crippen LogP) is 3.58. The van der Waals surface area contributed by atoms with Gasteiger partial charge in [0.15, 0.2) is 5.76 Å². The molecule has 0 aliphatic carbocycles. The average molecular weight is 293 g/mol. The van der Waals surface area contributed by atoms with Crippen LogP contribution in [0.5, 0.6) is 0 Å². The summed E-state index contributed by atoms with van der Waals surface area (Å²) in [7, 11) is 0. The molecule has 1 aliphatic rings. The van der Waals surface area contributed by atoms with E-state index in [0.29, 0.717) is 0 Å². The molecule has 0 aromatic carbocycles. The average Bonchev–Trinajstić information content (AvgIpc) is 2.80. The lowest BCUT2D eigenvalue weighted by molar-refractivity contribution is 0.235. The Bertz CT molecular complexity index is 391. The molecular weight excluding hydrogens is 262 g/mol. The largest absolute Gasteiger partial charge is 0.360 e. The highest BCUT2D eigenvalue weighted by atomic mass is 16.5. The molecule has 21 heavy (non-hydrogen) atoms. The van der Waals surface area contributed by atoms with Gasteiger partial charge >= 0.3 is 0 Å². The first kappa shape index (κ1) is 16.5. The number of rotatable bonds is 8. The van der Waals surface area contributed by atoms with E-state index >= 15 is 0 Å². The quantitative estimate of drug-likeness (QED) is 0.744. The molecule has 2 rings (SSSR count). The van der Waals surface area contributed by atoms with E-state index in [-0.39, 0.29) is 0 Å². The van der Waals surface area contributed by atoms with Crippen LogP contribution < -0.4 is 5.32 Å². The highest BCUT2D eigenvalue weighted by Crippen LogP contribution is 2.22. The molecule has 1 saturated heterocycles. The second-order valence-corrected chi connectivity index (χ2v) is 6.32. The lowest BCUT2D eigenvalue weighted by atomic mass is 9.96. The van der Waals surface area contributed by atoms with E-state index in [4.69, 9.17) is 4.52 Å². The Hall–Kier alpha value is -0.870. The van der Waals surface area contributed by atoms with Crippen molar-refractivity contribution in [2.75, 3.05) is 19.6 Å². The van der Waals surface area contributed by atoms with E-state index in [2.05, 4.69) is 35.3 Å². The van der Waals surface area contributed by atoms with E-state index < -0.39 is 0 Å². The van der Waals surface area contributed by atoms with Crippen LogP contribution in [0.1, 0.15) is 63.8 Å². The van der Waals surface area contributed by atoms with Crippen molar-refractivity contribution >= 4 is 0 Å². The van der Waals surface area contributed by atoms with Gasteiger partial charge in [-0.15, -0.1) is 0 Å². The molecule has 1 fully saturated rings. The number of nitrogens with zero attached hydrogens (tertiary/aromatic N) is 2. The van der Waals surface area contributed by atoms with Crippen LogP contribution in [0, 0.1) is 5.92 Å². The summed E-state index contributed by atoms with van der Waals surface area (Å²) in [6.45, 7) is 9.64. The van der Waals surface area contributed by atoms with Gasteiger partial charge < -0.3 is 9.84 Å². The summed E-state index contributed by atoms with van der Waals surface area (Å²) in [4.78, 5) is 2.53. The molecule has 2 heterocycles. The fourth-order valence-corrected chi connectivity index (χ4v) is 3.21. The summed E-state index contributed by atoms with van der Waals surface area (Å²) in [6.07, 6.45) is 7.92. The van der Waals surface area contributed by atoms with Gasteiger partial charge in [0.25, 0.3) is 0 Å². The molecular formula is C17H31N3O. The van der Waals surface area contributed by atoms with Crippen LogP contribution in [-0.4, -0.2) is 29.7 Å². The van der Waals surface area contributed by atoms with E-state index in [0.717, 1.165) is 43.4 Å². The second-order valence-electron chi connectivity index (χ2n) is 6.32. The zero-order valence-electron chi connectivity index (χ0n) is 13.7. The van der Waals surface area contributed by atoms with Crippen molar-refractivity contribution < 1.29 is 4.52 Å². The van der Waals surface area contributed by atoms with Crippen LogP contribution in [-0.2, 0) is 13.1 Å². The minimum Gasteiger partial charge on any atom is -0.360 e. The van der Waals surface area contributed by atoms with Gasteiger partial charge in [-0.3, -0.25) is 4.90 Å². The summed E-state index contributed by atoms with van der Waals surface area (Å²) >= 11 is 0. The highest BCUT2D eigenvalue weighted by molar-refractivity contribution is 5.05. The van der Waals surface area contributed by atoms with Crippen LogP contribution in [0.2, 0.25) is 0 Å². The SMILES string of the molecule is CCCNCc1cc(CN2CCCC(CCC)CC2)on1. The summed E-state index contributed by atoms with van der Waals surface area (Å²) in [6, 6.07) is 2.11. The third kappa shape index (κ3) is 5.79. The van der Waals surface area contributed by atoms with Crippen molar-refractivity contribution in [3.63, 3.8) is 0 Å². The maximum Gasteiger partial charge on any atom is 0.151 e. The molecule has 4 heteroatoms. The van der Waals surface area contributed by atoms with Crippen molar-refractivity contribution in [1.29, 1.82) is 0 Å². The van der Waals surface area contributed by atoms with Gasteiger partial charge in [0.2, 0.25) is 0 Å². The Kier molecular flexibility index (Phi) is 7.24. The van der Waals surface area contributed by atoms with Crippen LogP contribution in [0.3, 0.4) is 0 Å². The Morgan fingerprint density at radius 3 is 3.00 bits per heavy atom. The van der Waals surface area contributed by atoms with Crippen molar-refractivity contribution in [3.05, 3.63) is 17.5 Å². The van der Waals surface area contributed by atoms with E-state index in [9.17, 15) is 0 Å². The molecule has 4 nitrogen and oxygen atoms in total. The smallest absolute Gasteiger partial charge is 0.151 e.